The molecule has 2 aromatic rings. The summed E-state index contributed by atoms with van der Waals surface area (Å²) in [6.45, 7) is 1.95. The largest absolute Gasteiger partial charge is 0.496 e. The Morgan fingerprint density at radius 2 is 2.00 bits per heavy atom. The summed E-state index contributed by atoms with van der Waals surface area (Å²) in [5.41, 5.74) is 2.46. The Kier molecular flexibility index (Phi) is 4.25. The van der Waals surface area contributed by atoms with Crippen LogP contribution in [0, 0.1) is 0 Å². The Balaban J connectivity index is 2.53. The van der Waals surface area contributed by atoms with Crippen LogP contribution in [0.1, 0.15) is 23.0 Å². The second-order valence-electron chi connectivity index (χ2n) is 4.11. The average molecular weight is 272 g/mol. The lowest BCUT2D eigenvalue weighted by Crippen LogP contribution is -2.01. The highest BCUT2D eigenvalue weighted by molar-refractivity contribution is 5.95. The maximum atomic E-state index is 11.7. The van der Waals surface area contributed by atoms with Crippen molar-refractivity contribution in [1.82, 2.24) is 0 Å². The molecule has 1 heterocycles. The van der Waals surface area contributed by atoms with Crippen molar-refractivity contribution in [3.05, 3.63) is 47.9 Å². The Morgan fingerprint density at radius 1 is 1.20 bits per heavy atom. The van der Waals surface area contributed by atoms with Crippen molar-refractivity contribution in [2.24, 2.45) is 0 Å². The quantitative estimate of drug-likeness (QED) is 0.795. The second kappa shape index (κ2) is 6.10. The molecule has 0 radical (unpaired) electrons. The van der Waals surface area contributed by atoms with Crippen LogP contribution in [0.5, 0.6) is 5.75 Å². The van der Waals surface area contributed by atoms with Crippen molar-refractivity contribution < 1.29 is 18.7 Å². The van der Waals surface area contributed by atoms with Gasteiger partial charge in [0.15, 0.2) is 0 Å². The first-order chi connectivity index (χ1) is 9.71. The number of carbonyl (C=O) groups excluding carboxylic acids is 1. The summed E-state index contributed by atoms with van der Waals surface area (Å²) in [6.07, 6.45) is 5.38. The van der Waals surface area contributed by atoms with Gasteiger partial charge in [0, 0.05) is 11.1 Å². The molecular formula is C16H16O4. The summed E-state index contributed by atoms with van der Waals surface area (Å²) < 4.78 is 15.3. The van der Waals surface area contributed by atoms with E-state index in [9.17, 15) is 4.79 Å². The van der Waals surface area contributed by atoms with Gasteiger partial charge in [-0.2, -0.15) is 0 Å². The van der Waals surface area contributed by atoms with Crippen molar-refractivity contribution in [2.45, 2.75) is 6.92 Å². The van der Waals surface area contributed by atoms with Crippen molar-refractivity contribution in [1.29, 1.82) is 0 Å². The third kappa shape index (κ3) is 2.59. The number of esters is 1. The summed E-state index contributed by atoms with van der Waals surface area (Å²) in [4.78, 5) is 11.7. The summed E-state index contributed by atoms with van der Waals surface area (Å²) >= 11 is 0. The molecule has 0 N–H and O–H groups in total. The van der Waals surface area contributed by atoms with Gasteiger partial charge in [-0.3, -0.25) is 0 Å². The zero-order chi connectivity index (χ0) is 14.5. The lowest BCUT2D eigenvalue weighted by atomic mass is 10.0. The fourth-order valence-corrected chi connectivity index (χ4v) is 2.00. The second-order valence-corrected chi connectivity index (χ2v) is 4.11. The summed E-state index contributed by atoms with van der Waals surface area (Å²) in [6, 6.07) is 7.47. The van der Waals surface area contributed by atoms with E-state index in [1.165, 1.54) is 13.4 Å². The first kappa shape index (κ1) is 13.9. The minimum atomic E-state index is -0.510. The van der Waals surface area contributed by atoms with Crippen molar-refractivity contribution >= 4 is 12.0 Å². The minimum absolute atomic E-state index is 0.171. The van der Waals surface area contributed by atoms with Gasteiger partial charge in [-0.1, -0.05) is 18.2 Å². The molecule has 0 aliphatic carbocycles. The molecule has 0 aliphatic heterocycles. The molecule has 0 amide bonds. The van der Waals surface area contributed by atoms with Gasteiger partial charge < -0.3 is 13.9 Å². The molecule has 4 heteroatoms. The van der Waals surface area contributed by atoms with Crippen molar-refractivity contribution in [3.8, 4) is 16.9 Å². The molecule has 2 rings (SSSR count). The number of carbonyl (C=O) groups is 1. The van der Waals surface area contributed by atoms with Crippen LogP contribution >= 0.6 is 0 Å². The Labute approximate surface area is 117 Å². The molecule has 0 aliphatic rings. The summed E-state index contributed by atoms with van der Waals surface area (Å²) in [5, 5.41) is 0. The molecule has 4 nitrogen and oxygen atoms in total. The zero-order valence-corrected chi connectivity index (χ0v) is 11.7. The number of rotatable bonds is 4. The van der Waals surface area contributed by atoms with Gasteiger partial charge in [-0.25, -0.2) is 4.79 Å². The number of hydrogen-bond donors (Lipinski definition) is 0. The third-order valence-electron chi connectivity index (χ3n) is 2.91. The maximum absolute atomic E-state index is 11.7. The number of hydrogen-bond acceptors (Lipinski definition) is 4. The highest BCUT2D eigenvalue weighted by atomic mass is 16.5. The zero-order valence-electron chi connectivity index (χ0n) is 11.7. The monoisotopic (exact) mass is 272 g/mol. The molecule has 0 bridgehead atoms. The van der Waals surface area contributed by atoms with E-state index in [0.717, 1.165) is 11.1 Å². The predicted octanol–water partition coefficient (Wildman–Crippen LogP) is 3.77. The molecule has 0 unspecified atom stereocenters. The topological polar surface area (TPSA) is 48.7 Å². The standard InChI is InChI=1S/C16H16O4/c1-4-5-11-6-7-12(14(10-11)18-2)13-8-9-20-15(13)16(17)19-3/h4-10H,1-3H3. The summed E-state index contributed by atoms with van der Waals surface area (Å²) in [7, 11) is 2.91. The van der Waals surface area contributed by atoms with Crippen LogP contribution in [0.3, 0.4) is 0 Å². The Morgan fingerprint density at radius 3 is 2.65 bits per heavy atom. The third-order valence-corrected chi connectivity index (χ3v) is 2.91. The van der Waals surface area contributed by atoms with Crippen LogP contribution in [-0.2, 0) is 4.74 Å². The highest BCUT2D eigenvalue weighted by Gasteiger charge is 2.19. The van der Waals surface area contributed by atoms with Crippen LogP contribution in [0.15, 0.2) is 41.0 Å². The Bertz CT molecular complexity index is 638. The van der Waals surface area contributed by atoms with Gasteiger partial charge in [-0.05, 0) is 30.7 Å². The van der Waals surface area contributed by atoms with Gasteiger partial charge in [-0.15, -0.1) is 0 Å². The fourth-order valence-electron chi connectivity index (χ4n) is 2.00. The molecule has 1 aromatic heterocycles. The van der Waals surface area contributed by atoms with Crippen LogP contribution in [-0.4, -0.2) is 20.2 Å². The van der Waals surface area contributed by atoms with E-state index < -0.39 is 5.97 Å². The van der Waals surface area contributed by atoms with Crippen LogP contribution in [0.25, 0.3) is 17.2 Å². The van der Waals surface area contributed by atoms with Gasteiger partial charge in [0.05, 0.1) is 20.5 Å². The van der Waals surface area contributed by atoms with E-state index in [2.05, 4.69) is 0 Å². The van der Waals surface area contributed by atoms with E-state index in [1.807, 2.05) is 37.3 Å². The molecule has 0 saturated heterocycles. The normalized spacial score (nSPS) is 10.8. The predicted molar refractivity (Wildman–Crippen MR) is 76.7 cm³/mol. The van der Waals surface area contributed by atoms with Gasteiger partial charge >= 0.3 is 5.97 Å². The molecular weight excluding hydrogens is 256 g/mol. The summed E-state index contributed by atoms with van der Waals surface area (Å²) in [5.74, 6) is 0.335. The van der Waals surface area contributed by atoms with Gasteiger partial charge in [0.25, 0.3) is 0 Å². The maximum Gasteiger partial charge on any atom is 0.374 e. The lowest BCUT2D eigenvalue weighted by molar-refractivity contribution is 0.0566. The molecule has 0 saturated carbocycles. The van der Waals surface area contributed by atoms with Crippen LogP contribution < -0.4 is 4.74 Å². The molecule has 1 aromatic carbocycles. The van der Waals surface area contributed by atoms with Crippen molar-refractivity contribution in [2.75, 3.05) is 14.2 Å². The van der Waals surface area contributed by atoms with Crippen LogP contribution in [0.4, 0.5) is 0 Å². The van der Waals surface area contributed by atoms with E-state index in [1.54, 1.807) is 13.2 Å². The highest BCUT2D eigenvalue weighted by Crippen LogP contribution is 2.34. The van der Waals surface area contributed by atoms with Crippen LogP contribution in [0.2, 0.25) is 0 Å². The van der Waals surface area contributed by atoms with E-state index in [0.29, 0.717) is 11.3 Å². The molecule has 104 valence electrons. The van der Waals surface area contributed by atoms with Gasteiger partial charge in [0.2, 0.25) is 5.76 Å². The SMILES string of the molecule is CC=Cc1ccc(-c2ccoc2C(=O)OC)c(OC)c1. The Hall–Kier alpha value is -2.49. The molecule has 0 spiro atoms. The first-order valence-electron chi connectivity index (χ1n) is 6.18. The van der Waals surface area contributed by atoms with E-state index >= 15 is 0 Å². The minimum Gasteiger partial charge on any atom is -0.496 e. The number of allylic oxidation sites excluding steroid dienone is 1. The lowest BCUT2D eigenvalue weighted by Gasteiger charge is -2.09. The fraction of sp³-hybridized carbons (Fsp3) is 0.188. The number of methoxy groups -OCH3 is 2. The van der Waals surface area contributed by atoms with E-state index in [4.69, 9.17) is 13.9 Å². The average Bonchev–Trinajstić information content (AvgIpc) is 2.95. The number of ether oxygens (including phenoxy) is 2. The number of benzene rings is 1. The number of furan rings is 1. The van der Waals surface area contributed by atoms with Gasteiger partial charge in [0.1, 0.15) is 5.75 Å². The molecule has 20 heavy (non-hydrogen) atoms. The first-order valence-corrected chi connectivity index (χ1v) is 6.18. The molecule has 0 fully saturated rings. The van der Waals surface area contributed by atoms with Crippen molar-refractivity contribution in [3.63, 3.8) is 0 Å². The smallest absolute Gasteiger partial charge is 0.374 e. The van der Waals surface area contributed by atoms with E-state index in [-0.39, 0.29) is 5.76 Å². The molecule has 0 atom stereocenters.